The number of aromatic nitrogens is 1. The van der Waals surface area contributed by atoms with E-state index in [4.69, 9.17) is 4.42 Å². The predicted octanol–water partition coefficient (Wildman–Crippen LogP) is 2.85. The fraction of sp³-hybridized carbons (Fsp3) is 0.476. The molecule has 3 atom stereocenters. The third-order valence-electron chi connectivity index (χ3n) is 5.58. The van der Waals surface area contributed by atoms with E-state index in [0.29, 0.717) is 13.0 Å². The smallest absolute Gasteiger partial charge is 0.324 e. The third-order valence-corrected chi connectivity index (χ3v) is 5.58. The number of aliphatic carboxylic acids is 1. The molecule has 0 spiro atoms. The monoisotopic (exact) mass is 385 g/mol. The maximum atomic E-state index is 13.1. The zero-order chi connectivity index (χ0) is 20.3. The van der Waals surface area contributed by atoms with Crippen LogP contribution in [0, 0.1) is 11.8 Å². The van der Waals surface area contributed by atoms with Crippen LogP contribution in [0.5, 0.6) is 0 Å². The highest BCUT2D eigenvalue weighted by Crippen LogP contribution is 2.48. The van der Waals surface area contributed by atoms with Crippen LogP contribution in [0.1, 0.15) is 43.9 Å². The molecular weight excluding hydrogens is 358 g/mol. The second-order valence-corrected chi connectivity index (χ2v) is 7.94. The van der Waals surface area contributed by atoms with Crippen molar-refractivity contribution in [2.24, 2.45) is 11.8 Å². The van der Waals surface area contributed by atoms with Gasteiger partial charge in [-0.05, 0) is 43.5 Å². The molecule has 3 rings (SSSR count). The number of likely N-dealkylation sites (tertiary alicyclic amines) is 1. The second kappa shape index (κ2) is 8.14. The van der Waals surface area contributed by atoms with Crippen molar-refractivity contribution in [3.05, 3.63) is 54.2 Å². The molecule has 2 aromatic heterocycles. The predicted molar refractivity (Wildman–Crippen MR) is 103 cm³/mol. The Bertz CT molecular complexity index is 806. The fourth-order valence-electron chi connectivity index (χ4n) is 4.34. The first-order valence-electron chi connectivity index (χ1n) is 9.50. The summed E-state index contributed by atoms with van der Waals surface area (Å²) in [4.78, 5) is 31.5. The normalized spacial score (nSPS) is 25.1. The van der Waals surface area contributed by atoms with Gasteiger partial charge in [0.25, 0.3) is 0 Å². The van der Waals surface area contributed by atoms with Gasteiger partial charge in [-0.25, -0.2) is 0 Å². The number of likely N-dealkylation sites (N-methyl/N-ethyl adjacent to an activating group) is 1. The molecule has 150 valence electrons. The van der Waals surface area contributed by atoms with Crippen LogP contribution in [-0.2, 0) is 16.1 Å². The number of rotatable bonds is 7. The molecule has 0 radical (unpaired) electrons. The topological polar surface area (TPSA) is 95.7 Å². The van der Waals surface area contributed by atoms with Crippen LogP contribution in [-0.4, -0.2) is 39.5 Å². The lowest BCUT2D eigenvalue weighted by Crippen LogP contribution is -2.50. The van der Waals surface area contributed by atoms with Crippen molar-refractivity contribution in [2.75, 3.05) is 7.05 Å². The van der Waals surface area contributed by atoms with E-state index >= 15 is 0 Å². The number of nitrogens with zero attached hydrogens (tertiary/aromatic N) is 2. The Morgan fingerprint density at radius 3 is 2.79 bits per heavy atom. The van der Waals surface area contributed by atoms with Gasteiger partial charge in [0, 0.05) is 30.5 Å². The van der Waals surface area contributed by atoms with Crippen molar-refractivity contribution < 1.29 is 19.1 Å². The molecule has 1 aliphatic heterocycles. The number of furan rings is 1. The van der Waals surface area contributed by atoms with Crippen LogP contribution in [0.3, 0.4) is 0 Å². The van der Waals surface area contributed by atoms with Gasteiger partial charge in [-0.1, -0.05) is 19.9 Å². The largest absolute Gasteiger partial charge is 0.480 e. The van der Waals surface area contributed by atoms with E-state index in [1.165, 1.54) is 0 Å². The minimum absolute atomic E-state index is 0.159. The van der Waals surface area contributed by atoms with Gasteiger partial charge in [-0.3, -0.25) is 19.5 Å². The first-order chi connectivity index (χ1) is 13.3. The average molecular weight is 385 g/mol. The minimum Gasteiger partial charge on any atom is -0.480 e. The zero-order valence-electron chi connectivity index (χ0n) is 16.5. The third kappa shape index (κ3) is 3.80. The Morgan fingerprint density at radius 1 is 1.43 bits per heavy atom. The lowest BCUT2D eigenvalue weighted by Gasteiger charge is -2.36. The molecule has 0 unspecified atom stereocenters. The van der Waals surface area contributed by atoms with E-state index < -0.39 is 17.4 Å². The molecule has 28 heavy (non-hydrogen) atoms. The van der Waals surface area contributed by atoms with Crippen LogP contribution in [0.2, 0.25) is 0 Å². The maximum Gasteiger partial charge on any atom is 0.324 e. The van der Waals surface area contributed by atoms with Crippen LogP contribution in [0.15, 0.2) is 47.5 Å². The second-order valence-electron chi connectivity index (χ2n) is 7.94. The Morgan fingerprint density at radius 2 is 2.21 bits per heavy atom. The van der Waals surface area contributed by atoms with Crippen LogP contribution < -0.4 is 5.32 Å². The van der Waals surface area contributed by atoms with Gasteiger partial charge in [0.05, 0.1) is 18.4 Å². The van der Waals surface area contributed by atoms with Gasteiger partial charge in [-0.15, -0.1) is 0 Å². The highest BCUT2D eigenvalue weighted by molar-refractivity contribution is 5.85. The SMILES string of the molecule is CC(C)C[C@@]1(C(=O)O)C[C@H](C(=O)NCc2ccoc2)[C@H](c2cccnc2)N1C. The van der Waals surface area contributed by atoms with E-state index in [1.54, 1.807) is 38.0 Å². The van der Waals surface area contributed by atoms with Gasteiger partial charge in [0.1, 0.15) is 5.54 Å². The molecule has 0 saturated carbocycles. The molecule has 7 nitrogen and oxygen atoms in total. The number of hydrogen-bond donors (Lipinski definition) is 2. The van der Waals surface area contributed by atoms with Crippen molar-refractivity contribution in [3.63, 3.8) is 0 Å². The summed E-state index contributed by atoms with van der Waals surface area (Å²) in [5, 5.41) is 13.1. The standard InChI is InChI=1S/C21H27N3O4/c1-14(2)9-21(20(26)27)10-17(19(25)23-11-15-6-8-28-13-15)18(24(21)3)16-5-4-7-22-12-16/h4-8,12-14,17-18H,9-11H2,1-3H3,(H,23,25)(H,26,27)/t17-,18-,21-/m0/s1. The van der Waals surface area contributed by atoms with E-state index in [2.05, 4.69) is 10.3 Å². The van der Waals surface area contributed by atoms with Gasteiger partial charge in [0.15, 0.2) is 0 Å². The summed E-state index contributed by atoms with van der Waals surface area (Å²) in [5.41, 5.74) is 0.622. The summed E-state index contributed by atoms with van der Waals surface area (Å²) in [6, 6.07) is 5.15. The van der Waals surface area contributed by atoms with E-state index in [1.807, 2.05) is 30.9 Å². The summed E-state index contributed by atoms with van der Waals surface area (Å²) in [7, 11) is 1.80. The number of carbonyl (C=O) groups is 2. The molecular formula is C21H27N3O4. The molecule has 0 bridgehead atoms. The van der Waals surface area contributed by atoms with Crippen LogP contribution >= 0.6 is 0 Å². The Balaban J connectivity index is 1.92. The van der Waals surface area contributed by atoms with Gasteiger partial charge < -0.3 is 14.8 Å². The number of carboxylic acid groups (broad SMARTS) is 1. The Labute approximate surface area is 164 Å². The summed E-state index contributed by atoms with van der Waals surface area (Å²) in [6.07, 6.45) is 7.26. The molecule has 2 N–H and O–H groups in total. The lowest BCUT2D eigenvalue weighted by atomic mass is 9.83. The summed E-state index contributed by atoms with van der Waals surface area (Å²) in [6.45, 7) is 4.35. The highest BCUT2D eigenvalue weighted by Gasteiger charge is 2.57. The number of nitrogens with one attached hydrogen (secondary N) is 1. The number of carboxylic acids is 1. The summed E-state index contributed by atoms with van der Waals surface area (Å²) < 4.78 is 5.04. The average Bonchev–Trinajstić information content (AvgIpc) is 3.27. The van der Waals surface area contributed by atoms with Crippen molar-refractivity contribution in [3.8, 4) is 0 Å². The number of carbonyl (C=O) groups excluding carboxylic acids is 1. The summed E-state index contributed by atoms with van der Waals surface area (Å²) in [5.74, 6) is -1.35. The molecule has 1 saturated heterocycles. The zero-order valence-corrected chi connectivity index (χ0v) is 16.5. The quantitative estimate of drug-likeness (QED) is 0.761. The molecule has 2 aromatic rings. The van der Waals surface area contributed by atoms with E-state index in [-0.39, 0.29) is 24.3 Å². The van der Waals surface area contributed by atoms with Crippen molar-refractivity contribution >= 4 is 11.9 Å². The summed E-state index contributed by atoms with van der Waals surface area (Å²) >= 11 is 0. The van der Waals surface area contributed by atoms with Gasteiger partial charge >= 0.3 is 5.97 Å². The number of pyridine rings is 1. The first-order valence-corrected chi connectivity index (χ1v) is 9.50. The molecule has 7 heteroatoms. The number of amides is 1. The molecule has 1 amide bonds. The van der Waals surface area contributed by atoms with Crippen LogP contribution in [0.25, 0.3) is 0 Å². The molecule has 0 aromatic carbocycles. The molecule has 3 heterocycles. The van der Waals surface area contributed by atoms with E-state index in [9.17, 15) is 14.7 Å². The lowest BCUT2D eigenvalue weighted by molar-refractivity contribution is -0.151. The van der Waals surface area contributed by atoms with Gasteiger partial charge in [0.2, 0.25) is 5.91 Å². The van der Waals surface area contributed by atoms with Crippen molar-refractivity contribution in [2.45, 2.75) is 44.8 Å². The van der Waals surface area contributed by atoms with E-state index in [0.717, 1.165) is 11.1 Å². The Hall–Kier alpha value is -2.67. The van der Waals surface area contributed by atoms with Crippen LogP contribution in [0.4, 0.5) is 0 Å². The Kier molecular flexibility index (Phi) is 5.84. The maximum absolute atomic E-state index is 13.1. The molecule has 0 aliphatic carbocycles. The highest BCUT2D eigenvalue weighted by atomic mass is 16.4. The van der Waals surface area contributed by atoms with Gasteiger partial charge in [-0.2, -0.15) is 0 Å². The molecule has 1 aliphatic rings. The van der Waals surface area contributed by atoms with Crippen molar-refractivity contribution in [1.82, 2.24) is 15.2 Å². The van der Waals surface area contributed by atoms with Crippen molar-refractivity contribution in [1.29, 1.82) is 0 Å². The molecule has 1 fully saturated rings. The number of hydrogen-bond acceptors (Lipinski definition) is 5. The fourth-order valence-corrected chi connectivity index (χ4v) is 4.34. The first kappa shape index (κ1) is 20.1. The minimum atomic E-state index is -1.09.